The number of aromatic nitrogens is 2. The van der Waals surface area contributed by atoms with Gasteiger partial charge >= 0.3 is 0 Å². The zero-order valence-electron chi connectivity index (χ0n) is 15.6. The molecule has 0 unspecified atom stereocenters. The Kier molecular flexibility index (Phi) is 5.01. The number of hydrogen-bond donors (Lipinski definition) is 0. The monoisotopic (exact) mass is 348 g/mol. The Labute approximate surface area is 148 Å². The summed E-state index contributed by atoms with van der Waals surface area (Å²) in [4.78, 5) is 29.0. The van der Waals surface area contributed by atoms with Crippen molar-refractivity contribution in [3.8, 4) is 5.88 Å². The van der Waals surface area contributed by atoms with Crippen molar-refractivity contribution in [1.29, 1.82) is 0 Å². The van der Waals surface area contributed by atoms with E-state index >= 15 is 0 Å². The Hall–Kier alpha value is -2.05. The lowest BCUT2D eigenvalue weighted by atomic mass is 10.0. The standard InChI is InChI=1S/C18H28N4O3/c1-12-16(18(25-4)20(3)19-12)14-8-7-11-22(14)17(24)13(2)21-10-6-5-9-15(21)23/h13-14H,5-11H2,1-4H3/t13-,14-/m0/s1. The Bertz CT molecular complexity index is 670. The van der Waals surface area contributed by atoms with Gasteiger partial charge in [-0.2, -0.15) is 5.10 Å². The molecule has 3 rings (SSSR count). The number of methoxy groups -OCH3 is 1. The second kappa shape index (κ2) is 7.06. The van der Waals surface area contributed by atoms with E-state index in [2.05, 4.69) is 5.10 Å². The van der Waals surface area contributed by atoms with Gasteiger partial charge in [-0.25, -0.2) is 4.68 Å². The predicted molar refractivity (Wildman–Crippen MR) is 93.2 cm³/mol. The maximum atomic E-state index is 13.2. The van der Waals surface area contributed by atoms with Gasteiger partial charge in [-0.1, -0.05) is 0 Å². The highest BCUT2D eigenvalue weighted by molar-refractivity contribution is 5.88. The third kappa shape index (κ3) is 3.12. The van der Waals surface area contributed by atoms with Crippen molar-refractivity contribution in [2.45, 2.75) is 58.0 Å². The zero-order valence-corrected chi connectivity index (χ0v) is 15.6. The molecular weight excluding hydrogens is 320 g/mol. The number of piperidine rings is 1. The van der Waals surface area contributed by atoms with Gasteiger partial charge in [-0.15, -0.1) is 0 Å². The number of rotatable bonds is 4. The Morgan fingerprint density at radius 1 is 1.28 bits per heavy atom. The van der Waals surface area contributed by atoms with Crippen molar-refractivity contribution < 1.29 is 14.3 Å². The molecule has 7 heteroatoms. The molecule has 138 valence electrons. The van der Waals surface area contributed by atoms with Crippen LogP contribution in [0.3, 0.4) is 0 Å². The van der Waals surface area contributed by atoms with E-state index in [1.807, 2.05) is 25.8 Å². The van der Waals surface area contributed by atoms with Gasteiger partial charge in [-0.05, 0) is 39.5 Å². The third-order valence-corrected chi connectivity index (χ3v) is 5.46. The summed E-state index contributed by atoms with van der Waals surface area (Å²) in [6.07, 6.45) is 4.30. The molecule has 0 saturated carbocycles. The lowest BCUT2D eigenvalue weighted by molar-refractivity contribution is -0.147. The normalized spacial score (nSPS) is 22.4. The molecule has 2 aliphatic rings. The second-order valence-electron chi connectivity index (χ2n) is 7.04. The molecule has 0 radical (unpaired) electrons. The highest BCUT2D eigenvalue weighted by Crippen LogP contribution is 2.39. The summed E-state index contributed by atoms with van der Waals surface area (Å²) >= 11 is 0. The van der Waals surface area contributed by atoms with Gasteiger partial charge in [0.05, 0.1) is 24.4 Å². The fraction of sp³-hybridized carbons (Fsp3) is 0.722. The maximum Gasteiger partial charge on any atom is 0.245 e. The molecule has 2 atom stereocenters. The first kappa shape index (κ1) is 17.8. The minimum Gasteiger partial charge on any atom is -0.481 e. The van der Waals surface area contributed by atoms with E-state index in [0.717, 1.165) is 36.9 Å². The third-order valence-electron chi connectivity index (χ3n) is 5.46. The van der Waals surface area contributed by atoms with E-state index in [-0.39, 0.29) is 17.9 Å². The van der Waals surface area contributed by atoms with Gasteiger partial charge in [0.1, 0.15) is 6.04 Å². The lowest BCUT2D eigenvalue weighted by Crippen LogP contribution is -2.50. The van der Waals surface area contributed by atoms with Gasteiger partial charge in [0, 0.05) is 26.6 Å². The molecule has 0 bridgehead atoms. The van der Waals surface area contributed by atoms with Gasteiger partial charge < -0.3 is 14.5 Å². The highest BCUT2D eigenvalue weighted by atomic mass is 16.5. The molecule has 1 aromatic heterocycles. The van der Waals surface area contributed by atoms with Crippen molar-refractivity contribution in [3.63, 3.8) is 0 Å². The van der Waals surface area contributed by atoms with E-state index in [4.69, 9.17) is 4.74 Å². The number of aryl methyl sites for hydroxylation is 2. The minimum atomic E-state index is -0.406. The predicted octanol–water partition coefficient (Wildman–Crippen LogP) is 1.80. The molecule has 3 heterocycles. The number of carbonyl (C=O) groups excluding carboxylic acids is 2. The summed E-state index contributed by atoms with van der Waals surface area (Å²) in [6, 6.07) is -0.435. The average molecular weight is 348 g/mol. The van der Waals surface area contributed by atoms with Crippen LogP contribution in [0.2, 0.25) is 0 Å². The molecule has 0 spiro atoms. The summed E-state index contributed by atoms with van der Waals surface area (Å²) in [5.41, 5.74) is 1.89. The number of amides is 2. The molecule has 2 amide bonds. The molecular formula is C18H28N4O3. The minimum absolute atomic E-state index is 0.0292. The Balaban J connectivity index is 1.84. The van der Waals surface area contributed by atoms with E-state index in [1.54, 1.807) is 16.7 Å². The highest BCUT2D eigenvalue weighted by Gasteiger charge is 2.39. The zero-order chi connectivity index (χ0) is 18.1. The van der Waals surface area contributed by atoms with Crippen LogP contribution in [-0.2, 0) is 16.6 Å². The first-order valence-corrected chi connectivity index (χ1v) is 9.13. The first-order chi connectivity index (χ1) is 12.0. The lowest BCUT2D eigenvalue weighted by Gasteiger charge is -2.35. The van der Waals surface area contributed by atoms with Crippen LogP contribution in [-0.4, -0.2) is 57.6 Å². The van der Waals surface area contributed by atoms with Crippen LogP contribution < -0.4 is 4.74 Å². The van der Waals surface area contributed by atoms with Crippen molar-refractivity contribution in [1.82, 2.24) is 19.6 Å². The fourth-order valence-corrected chi connectivity index (χ4v) is 4.22. The number of likely N-dealkylation sites (tertiary alicyclic amines) is 2. The summed E-state index contributed by atoms with van der Waals surface area (Å²) < 4.78 is 7.25. The SMILES string of the molecule is COc1c([C@@H]2CCCN2C(=O)[C@H](C)N2CCCCC2=O)c(C)nn1C. The van der Waals surface area contributed by atoms with E-state index < -0.39 is 6.04 Å². The number of hydrogen-bond acceptors (Lipinski definition) is 4. The van der Waals surface area contributed by atoms with E-state index in [0.29, 0.717) is 25.4 Å². The summed E-state index contributed by atoms with van der Waals surface area (Å²) in [6.45, 7) is 5.21. The molecule has 2 fully saturated rings. The van der Waals surface area contributed by atoms with Crippen LogP contribution >= 0.6 is 0 Å². The van der Waals surface area contributed by atoms with Crippen LogP contribution in [0.25, 0.3) is 0 Å². The number of carbonyl (C=O) groups is 2. The molecule has 7 nitrogen and oxygen atoms in total. The van der Waals surface area contributed by atoms with Gasteiger partial charge in [0.15, 0.2) is 0 Å². The van der Waals surface area contributed by atoms with Crippen molar-refractivity contribution in [2.24, 2.45) is 7.05 Å². The van der Waals surface area contributed by atoms with Crippen molar-refractivity contribution >= 4 is 11.8 Å². The molecule has 0 N–H and O–H groups in total. The van der Waals surface area contributed by atoms with Crippen molar-refractivity contribution in [3.05, 3.63) is 11.3 Å². The molecule has 1 aromatic rings. The van der Waals surface area contributed by atoms with Gasteiger partial charge in [0.2, 0.25) is 17.7 Å². The van der Waals surface area contributed by atoms with Gasteiger partial charge in [-0.3, -0.25) is 9.59 Å². The maximum absolute atomic E-state index is 13.2. The average Bonchev–Trinajstić information content (AvgIpc) is 3.17. The summed E-state index contributed by atoms with van der Waals surface area (Å²) in [5.74, 6) is 0.838. The molecule has 25 heavy (non-hydrogen) atoms. The second-order valence-corrected chi connectivity index (χ2v) is 7.04. The largest absolute Gasteiger partial charge is 0.481 e. The van der Waals surface area contributed by atoms with Crippen LogP contribution in [0.1, 0.15) is 56.3 Å². The number of nitrogens with zero attached hydrogens (tertiary/aromatic N) is 4. The Morgan fingerprint density at radius 3 is 2.72 bits per heavy atom. The first-order valence-electron chi connectivity index (χ1n) is 9.13. The van der Waals surface area contributed by atoms with Crippen LogP contribution in [0.5, 0.6) is 5.88 Å². The molecule has 0 aliphatic carbocycles. The van der Waals surface area contributed by atoms with E-state index in [1.165, 1.54) is 0 Å². The quantitative estimate of drug-likeness (QED) is 0.832. The summed E-state index contributed by atoms with van der Waals surface area (Å²) in [5, 5.41) is 4.46. The Morgan fingerprint density at radius 2 is 2.04 bits per heavy atom. The van der Waals surface area contributed by atoms with Crippen LogP contribution in [0, 0.1) is 6.92 Å². The molecule has 0 aromatic carbocycles. The fourth-order valence-electron chi connectivity index (χ4n) is 4.22. The van der Waals surface area contributed by atoms with Crippen LogP contribution in [0.4, 0.5) is 0 Å². The van der Waals surface area contributed by atoms with E-state index in [9.17, 15) is 9.59 Å². The molecule has 2 aliphatic heterocycles. The number of ether oxygens (including phenoxy) is 1. The van der Waals surface area contributed by atoms with Crippen LogP contribution in [0.15, 0.2) is 0 Å². The molecule has 2 saturated heterocycles. The van der Waals surface area contributed by atoms with Gasteiger partial charge in [0.25, 0.3) is 0 Å². The van der Waals surface area contributed by atoms with Crippen molar-refractivity contribution in [2.75, 3.05) is 20.2 Å². The smallest absolute Gasteiger partial charge is 0.245 e. The topological polar surface area (TPSA) is 67.7 Å². The summed E-state index contributed by atoms with van der Waals surface area (Å²) in [7, 11) is 3.49.